The largest absolute Gasteiger partial charge is 0.352 e. The minimum atomic E-state index is -0.0800. The summed E-state index contributed by atoms with van der Waals surface area (Å²) in [6.45, 7) is 0.734. The van der Waals surface area contributed by atoms with Crippen LogP contribution in [0.2, 0.25) is 0 Å². The van der Waals surface area contributed by atoms with E-state index in [4.69, 9.17) is 4.99 Å². The topological polar surface area (TPSA) is 15.6 Å². The molecule has 2 saturated carbocycles. The Morgan fingerprint density at radius 2 is 1.86 bits per heavy atom. The van der Waals surface area contributed by atoms with Gasteiger partial charge in [0.1, 0.15) is 11.7 Å². The third-order valence-corrected chi connectivity index (χ3v) is 6.54. The highest BCUT2D eigenvalue weighted by Gasteiger charge is 2.46. The van der Waals surface area contributed by atoms with E-state index in [2.05, 4.69) is 27.5 Å². The molecule has 2 atom stereocenters. The number of benzene rings is 1. The average Bonchev–Trinajstić information content (AvgIpc) is 2.59. The maximum atomic E-state index is 14.3. The Morgan fingerprint density at radius 3 is 2.62 bits per heavy atom. The van der Waals surface area contributed by atoms with Gasteiger partial charge in [0.15, 0.2) is 0 Å². The number of halogens is 2. The quantitative estimate of drug-likeness (QED) is 0.591. The van der Waals surface area contributed by atoms with E-state index in [0.29, 0.717) is 12.0 Å². The van der Waals surface area contributed by atoms with Gasteiger partial charge in [0, 0.05) is 27.6 Å². The van der Waals surface area contributed by atoms with Crippen molar-refractivity contribution in [1.29, 1.82) is 0 Å². The molecule has 2 saturated heterocycles. The molecular weight excluding hydrogens is 378 g/mol. The van der Waals surface area contributed by atoms with Gasteiger partial charge in [-0.25, -0.2) is 9.38 Å². The lowest BCUT2D eigenvalue weighted by atomic mass is 9.68. The predicted octanol–water partition coefficient (Wildman–Crippen LogP) is 4.48. The normalized spacial score (nSPS) is 36.1. The van der Waals surface area contributed by atoms with Crippen molar-refractivity contribution in [2.24, 2.45) is 22.7 Å². The van der Waals surface area contributed by atoms with Crippen molar-refractivity contribution in [2.75, 3.05) is 0 Å². The van der Waals surface area contributed by atoms with Gasteiger partial charge in [-0.05, 0) is 78.7 Å². The summed E-state index contributed by atoms with van der Waals surface area (Å²) in [5.74, 6) is 3.58. The fourth-order valence-corrected chi connectivity index (χ4v) is 5.78. The standard InChI is InChI=1S/C17H18FIN2/c18-15-6-12(19)7-16-14(15)8-21-13-4-9-1-10(5-13)3-11(2-9)17(21)20-16/h6-7,9-11,13H,1-5,8H2/t9-,10-,11?,13?/m0/s1. The Bertz CT molecular complexity index is 642. The lowest BCUT2D eigenvalue weighted by molar-refractivity contribution is 0.127. The molecule has 4 fully saturated rings. The van der Waals surface area contributed by atoms with Crippen LogP contribution in [0, 0.1) is 27.1 Å². The molecule has 4 heteroatoms. The minimum absolute atomic E-state index is 0.0800. The van der Waals surface area contributed by atoms with Gasteiger partial charge in [-0.15, -0.1) is 0 Å². The maximum Gasteiger partial charge on any atom is 0.131 e. The molecule has 5 aliphatic rings. The molecule has 0 unspecified atom stereocenters. The molecule has 3 aliphatic heterocycles. The number of rotatable bonds is 0. The highest BCUT2D eigenvalue weighted by atomic mass is 127. The molecule has 21 heavy (non-hydrogen) atoms. The van der Waals surface area contributed by atoms with E-state index in [0.717, 1.165) is 33.2 Å². The fraction of sp³-hybridized carbons (Fsp3) is 0.588. The van der Waals surface area contributed by atoms with Crippen molar-refractivity contribution in [3.05, 3.63) is 27.1 Å². The molecule has 1 aromatic carbocycles. The average molecular weight is 396 g/mol. The minimum Gasteiger partial charge on any atom is -0.352 e. The predicted molar refractivity (Wildman–Crippen MR) is 89.1 cm³/mol. The summed E-state index contributed by atoms with van der Waals surface area (Å²) < 4.78 is 15.3. The Labute approximate surface area is 138 Å². The van der Waals surface area contributed by atoms with Gasteiger partial charge in [-0.2, -0.15) is 0 Å². The molecule has 2 aliphatic carbocycles. The lowest BCUT2D eigenvalue weighted by Gasteiger charge is -2.39. The lowest BCUT2D eigenvalue weighted by Crippen LogP contribution is -2.42. The zero-order chi connectivity index (χ0) is 14.1. The summed E-state index contributed by atoms with van der Waals surface area (Å²) in [4.78, 5) is 7.40. The van der Waals surface area contributed by atoms with Crippen LogP contribution in [-0.4, -0.2) is 16.8 Å². The Kier molecular flexibility index (Phi) is 2.71. The van der Waals surface area contributed by atoms with Crippen LogP contribution in [0.15, 0.2) is 17.1 Å². The van der Waals surface area contributed by atoms with Gasteiger partial charge in [0.25, 0.3) is 0 Å². The van der Waals surface area contributed by atoms with E-state index in [9.17, 15) is 4.39 Å². The van der Waals surface area contributed by atoms with Gasteiger partial charge < -0.3 is 4.90 Å². The van der Waals surface area contributed by atoms with Gasteiger partial charge >= 0.3 is 0 Å². The molecule has 0 aromatic heterocycles. The highest BCUT2D eigenvalue weighted by Crippen LogP contribution is 2.50. The van der Waals surface area contributed by atoms with E-state index >= 15 is 0 Å². The number of fused-ring (bicyclic) bond motifs is 1. The number of hydrogen-bond donors (Lipinski definition) is 0. The first kappa shape index (κ1) is 12.9. The first-order chi connectivity index (χ1) is 10.2. The molecule has 0 spiro atoms. The van der Waals surface area contributed by atoms with Crippen LogP contribution < -0.4 is 0 Å². The number of hydrogen-bond acceptors (Lipinski definition) is 2. The summed E-state index contributed by atoms with van der Waals surface area (Å²) in [6.07, 6.45) is 6.64. The third kappa shape index (κ3) is 1.90. The van der Waals surface area contributed by atoms with E-state index in [1.165, 1.54) is 37.9 Å². The second-order valence-corrected chi connectivity index (χ2v) is 8.49. The fourth-order valence-electron chi connectivity index (χ4n) is 5.21. The molecule has 110 valence electrons. The van der Waals surface area contributed by atoms with Gasteiger partial charge in [-0.1, -0.05) is 0 Å². The zero-order valence-corrected chi connectivity index (χ0v) is 14.0. The van der Waals surface area contributed by atoms with E-state index in [1.807, 2.05) is 6.07 Å². The second-order valence-electron chi connectivity index (χ2n) is 7.24. The van der Waals surface area contributed by atoms with Crippen LogP contribution in [0.4, 0.5) is 10.1 Å². The third-order valence-electron chi connectivity index (χ3n) is 5.91. The molecule has 3 heterocycles. The van der Waals surface area contributed by atoms with Crippen LogP contribution in [0.3, 0.4) is 0 Å². The zero-order valence-electron chi connectivity index (χ0n) is 11.9. The number of nitrogens with zero attached hydrogens (tertiary/aromatic N) is 2. The van der Waals surface area contributed by atoms with E-state index in [-0.39, 0.29) is 5.82 Å². The molecule has 0 N–H and O–H groups in total. The Morgan fingerprint density at radius 1 is 1.10 bits per heavy atom. The van der Waals surface area contributed by atoms with Crippen molar-refractivity contribution in [1.82, 2.24) is 4.90 Å². The molecular formula is C17H18FIN2. The van der Waals surface area contributed by atoms with Crippen LogP contribution >= 0.6 is 22.6 Å². The first-order valence-electron chi connectivity index (χ1n) is 8.00. The van der Waals surface area contributed by atoms with Crippen molar-refractivity contribution in [2.45, 2.75) is 44.7 Å². The molecule has 0 amide bonds. The van der Waals surface area contributed by atoms with Crippen molar-refractivity contribution in [3.63, 3.8) is 0 Å². The maximum absolute atomic E-state index is 14.3. The van der Waals surface area contributed by atoms with Crippen LogP contribution in [0.25, 0.3) is 0 Å². The van der Waals surface area contributed by atoms with Crippen molar-refractivity contribution >= 4 is 34.1 Å². The van der Waals surface area contributed by atoms with Crippen molar-refractivity contribution in [3.8, 4) is 0 Å². The SMILES string of the molecule is Fc1cc(I)cc2c1CN1C(=N2)C2C[C@H]3CC1C[C@H](C2)C3. The number of aliphatic imine (C=N–C) groups is 1. The molecule has 2 nitrogen and oxygen atoms in total. The summed E-state index contributed by atoms with van der Waals surface area (Å²) >= 11 is 2.19. The smallest absolute Gasteiger partial charge is 0.131 e. The second kappa shape index (κ2) is 4.43. The first-order valence-corrected chi connectivity index (χ1v) is 9.08. The van der Waals surface area contributed by atoms with E-state index in [1.54, 1.807) is 6.07 Å². The summed E-state index contributed by atoms with van der Waals surface area (Å²) in [7, 11) is 0. The Balaban J connectivity index is 1.66. The Hall–Kier alpha value is -0.650. The summed E-state index contributed by atoms with van der Waals surface area (Å²) in [6, 6.07) is 4.28. The van der Waals surface area contributed by atoms with Crippen LogP contribution in [-0.2, 0) is 6.54 Å². The summed E-state index contributed by atoms with van der Waals surface area (Å²) in [5.41, 5.74) is 1.69. The monoisotopic (exact) mass is 396 g/mol. The van der Waals surface area contributed by atoms with Gasteiger partial charge in [0.2, 0.25) is 0 Å². The van der Waals surface area contributed by atoms with E-state index < -0.39 is 0 Å². The number of amidine groups is 1. The highest BCUT2D eigenvalue weighted by molar-refractivity contribution is 14.1. The molecule has 1 aromatic rings. The van der Waals surface area contributed by atoms with Gasteiger partial charge in [-0.3, -0.25) is 0 Å². The molecule has 6 rings (SSSR count). The van der Waals surface area contributed by atoms with Gasteiger partial charge in [0.05, 0.1) is 5.69 Å². The van der Waals surface area contributed by atoms with Crippen LogP contribution in [0.1, 0.15) is 37.7 Å². The summed E-state index contributed by atoms with van der Waals surface area (Å²) in [5, 5.41) is 0. The molecule has 0 radical (unpaired) electrons. The van der Waals surface area contributed by atoms with Crippen LogP contribution in [0.5, 0.6) is 0 Å². The molecule has 4 bridgehead atoms. The van der Waals surface area contributed by atoms with Crippen molar-refractivity contribution < 1.29 is 4.39 Å².